The molecule has 2 unspecified atom stereocenters. The van der Waals surface area contributed by atoms with Gasteiger partial charge in [-0.05, 0) is 23.3 Å². The van der Waals surface area contributed by atoms with Crippen molar-refractivity contribution in [1.29, 1.82) is 0 Å². The summed E-state index contributed by atoms with van der Waals surface area (Å²) in [5, 5.41) is 9.28. The van der Waals surface area contributed by atoms with Crippen LogP contribution in [0.5, 0.6) is 5.75 Å². The Bertz CT molecular complexity index is 595. The number of aliphatic carboxylic acids is 1. The van der Waals surface area contributed by atoms with Gasteiger partial charge in [-0.15, -0.1) is 11.8 Å². The molecule has 3 nitrogen and oxygen atoms in total. The molecule has 0 fully saturated rings. The van der Waals surface area contributed by atoms with E-state index in [4.69, 9.17) is 4.74 Å². The zero-order valence-corrected chi connectivity index (χ0v) is 13.5. The fourth-order valence-corrected chi connectivity index (χ4v) is 3.53. The number of hydrogen-bond donors (Lipinski definition) is 1. The fraction of sp³-hybridized carbons (Fsp3) is 0.278. The van der Waals surface area contributed by atoms with Crippen molar-refractivity contribution < 1.29 is 14.6 Å². The monoisotopic (exact) mass is 316 g/mol. The predicted octanol–water partition coefficient (Wildman–Crippen LogP) is 4.39. The van der Waals surface area contributed by atoms with Crippen molar-refractivity contribution >= 4 is 17.7 Å². The van der Waals surface area contributed by atoms with Gasteiger partial charge in [0.15, 0.2) is 0 Å². The SMILES string of the molecule is COc1ccc(CSC(c2ccccc2)C(C)C(=O)O)cc1. The molecule has 2 aromatic rings. The van der Waals surface area contributed by atoms with Crippen LogP contribution < -0.4 is 4.74 Å². The van der Waals surface area contributed by atoms with Crippen LogP contribution in [-0.4, -0.2) is 18.2 Å². The molecule has 0 aliphatic rings. The predicted molar refractivity (Wildman–Crippen MR) is 90.3 cm³/mol. The standard InChI is InChI=1S/C18H20O3S/c1-13(18(19)20)17(15-6-4-3-5-7-15)22-12-14-8-10-16(21-2)11-9-14/h3-11,13,17H,12H2,1-2H3,(H,19,20). The molecule has 2 rings (SSSR count). The summed E-state index contributed by atoms with van der Waals surface area (Å²) in [6.07, 6.45) is 0. The Balaban J connectivity index is 2.11. The maximum Gasteiger partial charge on any atom is 0.307 e. The number of carboxylic acid groups (broad SMARTS) is 1. The first kappa shape index (κ1) is 16.4. The van der Waals surface area contributed by atoms with Gasteiger partial charge >= 0.3 is 5.97 Å². The molecule has 4 heteroatoms. The molecule has 0 amide bonds. The maximum absolute atomic E-state index is 11.4. The van der Waals surface area contributed by atoms with Crippen molar-refractivity contribution in [2.45, 2.75) is 17.9 Å². The number of hydrogen-bond acceptors (Lipinski definition) is 3. The lowest BCUT2D eigenvalue weighted by atomic mass is 10.0. The molecule has 22 heavy (non-hydrogen) atoms. The molecular weight excluding hydrogens is 296 g/mol. The fourth-order valence-electron chi connectivity index (χ4n) is 2.21. The summed E-state index contributed by atoms with van der Waals surface area (Å²) >= 11 is 1.66. The van der Waals surface area contributed by atoms with Gasteiger partial charge in [0.05, 0.1) is 13.0 Å². The highest BCUT2D eigenvalue weighted by Gasteiger charge is 2.25. The summed E-state index contributed by atoms with van der Waals surface area (Å²) < 4.78 is 5.15. The lowest BCUT2D eigenvalue weighted by Crippen LogP contribution is -2.17. The maximum atomic E-state index is 11.4. The number of carboxylic acids is 1. The summed E-state index contributed by atoms with van der Waals surface area (Å²) in [6, 6.07) is 17.7. The molecule has 0 aromatic heterocycles. The molecule has 0 aliphatic heterocycles. The summed E-state index contributed by atoms with van der Waals surface area (Å²) in [5.41, 5.74) is 2.21. The number of ether oxygens (including phenoxy) is 1. The van der Waals surface area contributed by atoms with E-state index in [9.17, 15) is 9.90 Å². The number of rotatable bonds is 7. The number of carbonyl (C=O) groups is 1. The van der Waals surface area contributed by atoms with Gasteiger partial charge in [-0.3, -0.25) is 4.79 Å². The molecule has 1 N–H and O–H groups in total. The van der Waals surface area contributed by atoms with Gasteiger partial charge in [0.1, 0.15) is 5.75 Å². The summed E-state index contributed by atoms with van der Waals surface area (Å²) in [5.74, 6) is 0.384. The van der Waals surface area contributed by atoms with Gasteiger partial charge in [-0.2, -0.15) is 0 Å². The van der Waals surface area contributed by atoms with E-state index in [1.54, 1.807) is 25.8 Å². The van der Waals surface area contributed by atoms with E-state index in [0.29, 0.717) is 0 Å². The van der Waals surface area contributed by atoms with Crippen LogP contribution in [0.2, 0.25) is 0 Å². The summed E-state index contributed by atoms with van der Waals surface area (Å²) in [6.45, 7) is 1.76. The van der Waals surface area contributed by atoms with E-state index < -0.39 is 11.9 Å². The highest BCUT2D eigenvalue weighted by molar-refractivity contribution is 7.98. The third-order valence-corrected chi connectivity index (χ3v) is 5.10. The number of benzene rings is 2. The Hall–Kier alpha value is -1.94. The zero-order chi connectivity index (χ0) is 15.9. The lowest BCUT2D eigenvalue weighted by Gasteiger charge is -2.21. The van der Waals surface area contributed by atoms with Gasteiger partial charge in [-0.25, -0.2) is 0 Å². The van der Waals surface area contributed by atoms with Crippen LogP contribution in [0.3, 0.4) is 0 Å². The normalized spacial score (nSPS) is 13.4. The quantitative estimate of drug-likeness (QED) is 0.823. The van der Waals surface area contributed by atoms with Crippen LogP contribution in [0, 0.1) is 5.92 Å². The van der Waals surface area contributed by atoms with Gasteiger partial charge in [0.25, 0.3) is 0 Å². The third kappa shape index (κ3) is 4.28. The van der Waals surface area contributed by atoms with Crippen LogP contribution in [0.4, 0.5) is 0 Å². The number of thioether (sulfide) groups is 1. The van der Waals surface area contributed by atoms with E-state index in [1.165, 1.54) is 0 Å². The minimum atomic E-state index is -0.768. The van der Waals surface area contributed by atoms with Crippen molar-refractivity contribution in [2.24, 2.45) is 5.92 Å². The Kier molecular flexibility index (Phi) is 5.90. The Labute approximate surface area is 135 Å². The van der Waals surface area contributed by atoms with Crippen molar-refractivity contribution in [3.63, 3.8) is 0 Å². The second-order valence-electron chi connectivity index (χ2n) is 5.12. The minimum absolute atomic E-state index is 0.0687. The summed E-state index contributed by atoms with van der Waals surface area (Å²) in [4.78, 5) is 11.4. The van der Waals surface area contributed by atoms with Crippen LogP contribution in [-0.2, 0) is 10.5 Å². The second-order valence-corrected chi connectivity index (χ2v) is 6.25. The summed E-state index contributed by atoms with van der Waals surface area (Å²) in [7, 11) is 1.64. The first-order chi connectivity index (χ1) is 10.6. The van der Waals surface area contributed by atoms with E-state index in [0.717, 1.165) is 22.6 Å². The Morgan fingerprint density at radius 1 is 1.14 bits per heavy atom. The molecule has 0 spiro atoms. The highest BCUT2D eigenvalue weighted by Crippen LogP contribution is 2.38. The largest absolute Gasteiger partial charge is 0.497 e. The van der Waals surface area contributed by atoms with Crippen molar-refractivity contribution in [2.75, 3.05) is 7.11 Å². The van der Waals surface area contributed by atoms with Crippen LogP contribution in [0.25, 0.3) is 0 Å². The highest BCUT2D eigenvalue weighted by atomic mass is 32.2. The van der Waals surface area contributed by atoms with Crippen molar-refractivity contribution in [1.82, 2.24) is 0 Å². The van der Waals surface area contributed by atoms with E-state index in [1.807, 2.05) is 54.6 Å². The molecule has 0 heterocycles. The van der Waals surface area contributed by atoms with Crippen molar-refractivity contribution in [3.8, 4) is 5.75 Å². The molecule has 0 bridgehead atoms. The average Bonchev–Trinajstić information content (AvgIpc) is 2.56. The second kappa shape index (κ2) is 7.90. The molecule has 116 valence electrons. The number of methoxy groups -OCH3 is 1. The molecule has 2 aromatic carbocycles. The average molecular weight is 316 g/mol. The minimum Gasteiger partial charge on any atom is -0.497 e. The third-order valence-electron chi connectivity index (χ3n) is 3.56. The van der Waals surface area contributed by atoms with Crippen LogP contribution in [0.15, 0.2) is 54.6 Å². The van der Waals surface area contributed by atoms with E-state index in [-0.39, 0.29) is 5.25 Å². The lowest BCUT2D eigenvalue weighted by molar-refractivity contribution is -0.141. The molecule has 2 atom stereocenters. The van der Waals surface area contributed by atoms with Crippen molar-refractivity contribution in [3.05, 3.63) is 65.7 Å². The van der Waals surface area contributed by atoms with Gasteiger partial charge in [0.2, 0.25) is 0 Å². The molecule has 0 saturated carbocycles. The first-order valence-electron chi connectivity index (χ1n) is 7.14. The van der Waals surface area contributed by atoms with E-state index >= 15 is 0 Å². The van der Waals surface area contributed by atoms with E-state index in [2.05, 4.69) is 0 Å². The van der Waals surface area contributed by atoms with Crippen LogP contribution in [0.1, 0.15) is 23.3 Å². The molecular formula is C18H20O3S. The zero-order valence-electron chi connectivity index (χ0n) is 12.7. The Morgan fingerprint density at radius 3 is 2.32 bits per heavy atom. The smallest absolute Gasteiger partial charge is 0.307 e. The Morgan fingerprint density at radius 2 is 1.77 bits per heavy atom. The van der Waals surface area contributed by atoms with Gasteiger partial charge in [0, 0.05) is 11.0 Å². The molecule has 0 aliphatic carbocycles. The molecule has 0 saturated heterocycles. The van der Waals surface area contributed by atoms with Gasteiger partial charge < -0.3 is 9.84 Å². The molecule has 0 radical (unpaired) electrons. The topological polar surface area (TPSA) is 46.5 Å². The van der Waals surface area contributed by atoms with Crippen LogP contribution >= 0.6 is 11.8 Å². The first-order valence-corrected chi connectivity index (χ1v) is 8.19. The van der Waals surface area contributed by atoms with Gasteiger partial charge in [-0.1, -0.05) is 49.4 Å².